The fraction of sp³-hybridized carbons (Fsp3) is 0.500. The summed E-state index contributed by atoms with van der Waals surface area (Å²) in [4.78, 5) is 0. The molecule has 0 aliphatic carbocycles. The molecule has 0 spiro atoms. The van der Waals surface area contributed by atoms with Gasteiger partial charge in [0, 0.05) is 18.2 Å². The average molecular weight is 265 g/mol. The van der Waals surface area contributed by atoms with Crippen molar-refractivity contribution >= 4 is 0 Å². The van der Waals surface area contributed by atoms with Gasteiger partial charge in [-0.2, -0.15) is 0 Å². The topological polar surface area (TPSA) is 21.3 Å². The Labute approximate surface area is 103 Å². The van der Waals surface area contributed by atoms with E-state index < -0.39 is 17.9 Å². The van der Waals surface area contributed by atoms with Crippen LogP contribution < -0.4 is 10.1 Å². The molecule has 0 heterocycles. The maximum atomic E-state index is 13.4. The van der Waals surface area contributed by atoms with Crippen LogP contribution in [0.1, 0.15) is 25.8 Å². The van der Waals surface area contributed by atoms with E-state index in [0.29, 0.717) is 0 Å². The summed E-state index contributed by atoms with van der Waals surface area (Å²) in [6, 6.07) is 3.14. The van der Waals surface area contributed by atoms with Crippen molar-refractivity contribution in [3.63, 3.8) is 0 Å². The molecule has 0 bridgehead atoms. The zero-order valence-electron chi connectivity index (χ0n) is 10.1. The molecule has 0 radical (unpaired) electrons. The minimum Gasteiger partial charge on any atom is -0.406 e. The van der Waals surface area contributed by atoms with Crippen molar-refractivity contribution < 1.29 is 22.3 Å². The first-order chi connectivity index (χ1) is 8.31. The van der Waals surface area contributed by atoms with E-state index in [2.05, 4.69) is 10.1 Å². The smallest absolute Gasteiger partial charge is 0.406 e. The summed E-state index contributed by atoms with van der Waals surface area (Å²) in [5.74, 6) is -0.967. The Balaban J connectivity index is 2.75. The van der Waals surface area contributed by atoms with Crippen molar-refractivity contribution in [2.24, 2.45) is 0 Å². The predicted molar refractivity (Wildman–Crippen MR) is 59.7 cm³/mol. The standard InChI is InChI=1S/C12H15F4NO/c1-3-8(2)17-7-9-6-10(4-5-11(9)13)18-12(14,15)16/h4-6,8,17H,3,7H2,1-2H3. The fourth-order valence-corrected chi connectivity index (χ4v) is 1.31. The van der Waals surface area contributed by atoms with Crippen LogP contribution >= 0.6 is 0 Å². The number of rotatable bonds is 5. The van der Waals surface area contributed by atoms with Crippen molar-refractivity contribution in [1.29, 1.82) is 0 Å². The van der Waals surface area contributed by atoms with Gasteiger partial charge in [0.1, 0.15) is 11.6 Å². The molecule has 0 aliphatic heterocycles. The third-order valence-corrected chi connectivity index (χ3v) is 2.50. The van der Waals surface area contributed by atoms with Gasteiger partial charge in [0.05, 0.1) is 0 Å². The van der Waals surface area contributed by atoms with Gasteiger partial charge < -0.3 is 10.1 Å². The van der Waals surface area contributed by atoms with Crippen LogP contribution in [0.5, 0.6) is 5.75 Å². The van der Waals surface area contributed by atoms with E-state index >= 15 is 0 Å². The van der Waals surface area contributed by atoms with E-state index in [1.54, 1.807) is 0 Å². The summed E-state index contributed by atoms with van der Waals surface area (Å²) < 4.78 is 53.1. The minimum absolute atomic E-state index is 0.150. The number of ether oxygens (including phenoxy) is 1. The quantitative estimate of drug-likeness (QED) is 0.821. The van der Waals surface area contributed by atoms with E-state index in [1.807, 2.05) is 13.8 Å². The van der Waals surface area contributed by atoms with Crippen LogP contribution in [0.4, 0.5) is 17.6 Å². The molecule has 1 unspecified atom stereocenters. The molecule has 18 heavy (non-hydrogen) atoms. The van der Waals surface area contributed by atoms with Gasteiger partial charge in [-0.15, -0.1) is 13.2 Å². The first-order valence-electron chi connectivity index (χ1n) is 5.59. The van der Waals surface area contributed by atoms with Crippen molar-refractivity contribution in [3.8, 4) is 5.75 Å². The van der Waals surface area contributed by atoms with Crippen LogP contribution in [0.15, 0.2) is 18.2 Å². The summed E-state index contributed by atoms with van der Waals surface area (Å²) in [5.41, 5.74) is 0.150. The first kappa shape index (κ1) is 14.8. The monoisotopic (exact) mass is 265 g/mol. The third-order valence-electron chi connectivity index (χ3n) is 2.50. The summed E-state index contributed by atoms with van der Waals surface area (Å²) in [7, 11) is 0. The highest BCUT2D eigenvalue weighted by atomic mass is 19.4. The van der Waals surface area contributed by atoms with Crippen LogP contribution in [0, 0.1) is 5.82 Å². The van der Waals surface area contributed by atoms with Crippen LogP contribution in [-0.2, 0) is 6.54 Å². The van der Waals surface area contributed by atoms with E-state index in [-0.39, 0.29) is 18.2 Å². The van der Waals surface area contributed by atoms with Crippen molar-refractivity contribution in [3.05, 3.63) is 29.6 Å². The zero-order valence-corrected chi connectivity index (χ0v) is 10.1. The molecular formula is C12H15F4NO. The molecule has 6 heteroatoms. The Hall–Kier alpha value is -1.30. The molecule has 0 aliphatic rings. The van der Waals surface area contributed by atoms with Crippen LogP contribution in [0.25, 0.3) is 0 Å². The molecule has 0 saturated heterocycles. The molecule has 1 N–H and O–H groups in total. The van der Waals surface area contributed by atoms with Gasteiger partial charge in [-0.25, -0.2) is 4.39 Å². The summed E-state index contributed by atoms with van der Waals surface area (Å²) in [5, 5.41) is 3.00. The Kier molecular flexibility index (Phi) is 4.95. The molecule has 2 nitrogen and oxygen atoms in total. The normalized spacial score (nSPS) is 13.4. The maximum Gasteiger partial charge on any atom is 0.573 e. The van der Waals surface area contributed by atoms with Crippen LogP contribution in [0.2, 0.25) is 0 Å². The van der Waals surface area contributed by atoms with Crippen LogP contribution in [-0.4, -0.2) is 12.4 Å². The lowest BCUT2D eigenvalue weighted by molar-refractivity contribution is -0.274. The molecule has 0 saturated carbocycles. The Morgan fingerprint density at radius 2 is 2.00 bits per heavy atom. The molecule has 0 amide bonds. The molecule has 1 atom stereocenters. The van der Waals surface area contributed by atoms with Crippen molar-refractivity contribution in [1.82, 2.24) is 5.32 Å². The van der Waals surface area contributed by atoms with Gasteiger partial charge in [0.25, 0.3) is 0 Å². The number of benzene rings is 1. The van der Waals surface area contributed by atoms with Crippen molar-refractivity contribution in [2.75, 3.05) is 0 Å². The van der Waals surface area contributed by atoms with Gasteiger partial charge in [0.2, 0.25) is 0 Å². The van der Waals surface area contributed by atoms with Gasteiger partial charge in [-0.3, -0.25) is 0 Å². The van der Waals surface area contributed by atoms with E-state index in [9.17, 15) is 17.6 Å². The summed E-state index contributed by atoms with van der Waals surface area (Å²) in [6.45, 7) is 4.03. The first-order valence-corrected chi connectivity index (χ1v) is 5.59. The van der Waals surface area contributed by atoms with Crippen molar-refractivity contribution in [2.45, 2.75) is 39.2 Å². The molecular weight excluding hydrogens is 250 g/mol. The van der Waals surface area contributed by atoms with Gasteiger partial charge >= 0.3 is 6.36 Å². The Morgan fingerprint density at radius 3 is 2.56 bits per heavy atom. The number of halogens is 4. The average Bonchev–Trinajstić information content (AvgIpc) is 2.27. The largest absolute Gasteiger partial charge is 0.573 e. The number of hydrogen-bond acceptors (Lipinski definition) is 2. The summed E-state index contributed by atoms with van der Waals surface area (Å²) >= 11 is 0. The highest BCUT2D eigenvalue weighted by molar-refractivity contribution is 5.30. The molecule has 0 fully saturated rings. The lowest BCUT2D eigenvalue weighted by Gasteiger charge is -2.13. The highest BCUT2D eigenvalue weighted by Crippen LogP contribution is 2.24. The lowest BCUT2D eigenvalue weighted by Crippen LogP contribution is -2.25. The molecule has 1 aromatic rings. The SMILES string of the molecule is CCC(C)NCc1cc(OC(F)(F)F)ccc1F. The predicted octanol–water partition coefficient (Wildman–Crippen LogP) is 3.61. The Morgan fingerprint density at radius 1 is 1.33 bits per heavy atom. The summed E-state index contributed by atoms with van der Waals surface area (Å²) in [6.07, 6.45) is -3.92. The molecule has 1 rings (SSSR count). The number of alkyl halides is 3. The fourth-order valence-electron chi connectivity index (χ4n) is 1.31. The minimum atomic E-state index is -4.76. The second-order valence-electron chi connectivity index (χ2n) is 3.99. The molecule has 1 aromatic carbocycles. The second-order valence-corrected chi connectivity index (χ2v) is 3.99. The lowest BCUT2D eigenvalue weighted by atomic mass is 10.1. The molecule has 102 valence electrons. The van der Waals surface area contributed by atoms with E-state index in [4.69, 9.17) is 0 Å². The molecule has 0 aromatic heterocycles. The zero-order chi connectivity index (χ0) is 13.8. The van der Waals surface area contributed by atoms with Gasteiger partial charge in [-0.1, -0.05) is 6.92 Å². The van der Waals surface area contributed by atoms with E-state index in [0.717, 1.165) is 24.6 Å². The second kappa shape index (κ2) is 6.04. The number of hydrogen-bond donors (Lipinski definition) is 1. The maximum absolute atomic E-state index is 13.4. The van der Waals surface area contributed by atoms with Gasteiger partial charge in [-0.05, 0) is 31.5 Å². The number of nitrogens with one attached hydrogen (secondary N) is 1. The highest BCUT2D eigenvalue weighted by Gasteiger charge is 2.31. The third kappa shape index (κ3) is 4.91. The van der Waals surface area contributed by atoms with E-state index in [1.165, 1.54) is 0 Å². The van der Waals surface area contributed by atoms with Gasteiger partial charge in [0.15, 0.2) is 0 Å². The van der Waals surface area contributed by atoms with Crippen LogP contribution in [0.3, 0.4) is 0 Å². The Bertz CT molecular complexity index is 392.